The SMILES string of the molecule is Clc1cccc(SCCSc2ccccc2)c1. The van der Waals surface area contributed by atoms with Crippen LogP contribution in [0.3, 0.4) is 0 Å². The lowest BCUT2D eigenvalue weighted by atomic mass is 10.4. The van der Waals surface area contributed by atoms with Crippen molar-refractivity contribution in [2.75, 3.05) is 11.5 Å². The molecule has 0 spiro atoms. The van der Waals surface area contributed by atoms with Crippen LogP contribution in [-0.4, -0.2) is 11.5 Å². The number of thioether (sulfide) groups is 2. The van der Waals surface area contributed by atoms with Gasteiger partial charge in [0.1, 0.15) is 0 Å². The molecule has 0 saturated heterocycles. The summed E-state index contributed by atoms with van der Waals surface area (Å²) in [5.74, 6) is 2.21. The molecular formula is C14H13ClS2. The molecular weight excluding hydrogens is 268 g/mol. The van der Waals surface area contributed by atoms with Gasteiger partial charge >= 0.3 is 0 Å². The Morgan fingerprint density at radius 3 is 2.12 bits per heavy atom. The van der Waals surface area contributed by atoms with Crippen molar-refractivity contribution in [3.63, 3.8) is 0 Å². The molecule has 0 radical (unpaired) electrons. The highest BCUT2D eigenvalue weighted by Gasteiger charge is 1.96. The van der Waals surface area contributed by atoms with Gasteiger partial charge in [-0.2, -0.15) is 0 Å². The van der Waals surface area contributed by atoms with Crippen molar-refractivity contribution in [2.45, 2.75) is 9.79 Å². The molecule has 3 heteroatoms. The highest BCUT2D eigenvalue weighted by Crippen LogP contribution is 2.24. The Labute approximate surface area is 116 Å². The second kappa shape index (κ2) is 7.00. The predicted octanol–water partition coefficient (Wildman–Crippen LogP) is 5.22. The summed E-state index contributed by atoms with van der Waals surface area (Å²) in [4.78, 5) is 2.57. The molecule has 0 aromatic heterocycles. The number of benzene rings is 2. The van der Waals surface area contributed by atoms with Gasteiger partial charge in [-0.3, -0.25) is 0 Å². The molecule has 0 nitrogen and oxygen atoms in total. The van der Waals surface area contributed by atoms with E-state index in [2.05, 4.69) is 30.3 Å². The van der Waals surface area contributed by atoms with Crippen LogP contribution in [0.15, 0.2) is 64.4 Å². The number of hydrogen-bond donors (Lipinski definition) is 0. The fraction of sp³-hybridized carbons (Fsp3) is 0.143. The third-order valence-electron chi connectivity index (χ3n) is 2.16. The Bertz CT molecular complexity index is 457. The summed E-state index contributed by atoms with van der Waals surface area (Å²) in [6, 6.07) is 18.5. The maximum Gasteiger partial charge on any atom is 0.0417 e. The Kier molecular flexibility index (Phi) is 5.30. The van der Waals surface area contributed by atoms with Gasteiger partial charge in [0.05, 0.1) is 0 Å². The van der Waals surface area contributed by atoms with Crippen molar-refractivity contribution >= 4 is 35.1 Å². The van der Waals surface area contributed by atoms with Crippen LogP contribution in [0.4, 0.5) is 0 Å². The van der Waals surface area contributed by atoms with E-state index in [1.54, 1.807) is 0 Å². The highest BCUT2D eigenvalue weighted by atomic mass is 35.5. The third-order valence-corrected chi connectivity index (χ3v) is 4.66. The molecule has 0 fully saturated rings. The van der Waals surface area contributed by atoms with E-state index in [1.165, 1.54) is 9.79 Å². The van der Waals surface area contributed by atoms with Gasteiger partial charge in [-0.1, -0.05) is 35.9 Å². The van der Waals surface area contributed by atoms with Crippen LogP contribution in [0.2, 0.25) is 5.02 Å². The van der Waals surface area contributed by atoms with E-state index in [1.807, 2.05) is 47.8 Å². The second-order valence-corrected chi connectivity index (χ2v) is 6.24. The first kappa shape index (κ1) is 12.9. The van der Waals surface area contributed by atoms with Crippen LogP contribution in [0, 0.1) is 0 Å². The Balaban J connectivity index is 1.73. The molecule has 0 unspecified atom stereocenters. The van der Waals surface area contributed by atoms with E-state index in [9.17, 15) is 0 Å². The summed E-state index contributed by atoms with van der Waals surface area (Å²) in [6.07, 6.45) is 0. The summed E-state index contributed by atoms with van der Waals surface area (Å²) >= 11 is 9.67. The van der Waals surface area contributed by atoms with Gasteiger partial charge < -0.3 is 0 Å². The zero-order chi connectivity index (χ0) is 11.9. The zero-order valence-corrected chi connectivity index (χ0v) is 11.7. The van der Waals surface area contributed by atoms with Gasteiger partial charge in [0.2, 0.25) is 0 Å². The van der Waals surface area contributed by atoms with Crippen LogP contribution >= 0.6 is 35.1 Å². The van der Waals surface area contributed by atoms with Crippen molar-refractivity contribution in [1.29, 1.82) is 0 Å². The van der Waals surface area contributed by atoms with Gasteiger partial charge in [0.25, 0.3) is 0 Å². The topological polar surface area (TPSA) is 0 Å². The highest BCUT2D eigenvalue weighted by molar-refractivity contribution is 8.03. The number of halogens is 1. The first-order valence-electron chi connectivity index (χ1n) is 5.41. The molecule has 2 aromatic rings. The molecule has 0 saturated carbocycles. The summed E-state index contributed by atoms with van der Waals surface area (Å²) in [5.41, 5.74) is 0. The van der Waals surface area contributed by atoms with Crippen LogP contribution < -0.4 is 0 Å². The summed E-state index contributed by atoms with van der Waals surface area (Å²) in [6.45, 7) is 0. The minimum absolute atomic E-state index is 0.811. The van der Waals surface area contributed by atoms with Crippen LogP contribution in [0.5, 0.6) is 0 Å². The van der Waals surface area contributed by atoms with Gasteiger partial charge in [-0.05, 0) is 30.3 Å². The maximum atomic E-state index is 5.94. The lowest BCUT2D eigenvalue weighted by Crippen LogP contribution is -1.84. The average Bonchev–Trinajstić information content (AvgIpc) is 2.36. The lowest BCUT2D eigenvalue weighted by Gasteiger charge is -2.02. The Hall–Kier alpha value is -0.570. The standard InChI is InChI=1S/C14H13ClS2/c15-12-5-4-8-14(11-12)17-10-9-16-13-6-2-1-3-7-13/h1-8,11H,9-10H2. The van der Waals surface area contributed by atoms with Crippen molar-refractivity contribution in [1.82, 2.24) is 0 Å². The van der Waals surface area contributed by atoms with Crippen molar-refractivity contribution in [3.05, 3.63) is 59.6 Å². The third kappa shape index (κ3) is 4.66. The van der Waals surface area contributed by atoms with Crippen molar-refractivity contribution < 1.29 is 0 Å². The van der Waals surface area contributed by atoms with Gasteiger partial charge in [-0.25, -0.2) is 0 Å². The van der Waals surface area contributed by atoms with Crippen molar-refractivity contribution in [2.24, 2.45) is 0 Å². The van der Waals surface area contributed by atoms with Crippen molar-refractivity contribution in [3.8, 4) is 0 Å². The Morgan fingerprint density at radius 2 is 1.41 bits per heavy atom. The molecule has 0 N–H and O–H groups in total. The minimum Gasteiger partial charge on any atom is -0.125 e. The van der Waals surface area contributed by atoms with E-state index >= 15 is 0 Å². The molecule has 0 aliphatic rings. The molecule has 0 atom stereocenters. The normalized spacial score (nSPS) is 10.4. The Morgan fingerprint density at radius 1 is 0.765 bits per heavy atom. The quantitative estimate of drug-likeness (QED) is 0.544. The molecule has 0 aliphatic heterocycles. The largest absolute Gasteiger partial charge is 0.125 e. The molecule has 0 heterocycles. The molecule has 17 heavy (non-hydrogen) atoms. The van der Waals surface area contributed by atoms with E-state index < -0.39 is 0 Å². The molecule has 2 rings (SSSR count). The monoisotopic (exact) mass is 280 g/mol. The van der Waals surface area contributed by atoms with Gasteiger partial charge in [0.15, 0.2) is 0 Å². The molecule has 0 aliphatic carbocycles. The minimum atomic E-state index is 0.811. The van der Waals surface area contributed by atoms with Crippen LogP contribution in [-0.2, 0) is 0 Å². The lowest BCUT2D eigenvalue weighted by molar-refractivity contribution is 1.41. The smallest absolute Gasteiger partial charge is 0.0417 e. The summed E-state index contributed by atoms with van der Waals surface area (Å²) in [5, 5.41) is 0.811. The second-order valence-electron chi connectivity index (χ2n) is 3.47. The fourth-order valence-electron chi connectivity index (χ4n) is 1.39. The summed E-state index contributed by atoms with van der Waals surface area (Å²) in [7, 11) is 0. The molecule has 2 aromatic carbocycles. The van der Waals surface area contributed by atoms with E-state index in [-0.39, 0.29) is 0 Å². The maximum absolute atomic E-state index is 5.94. The summed E-state index contributed by atoms with van der Waals surface area (Å²) < 4.78 is 0. The van der Waals surface area contributed by atoms with Crippen LogP contribution in [0.1, 0.15) is 0 Å². The van der Waals surface area contributed by atoms with E-state index in [4.69, 9.17) is 11.6 Å². The van der Waals surface area contributed by atoms with Gasteiger partial charge in [0, 0.05) is 26.3 Å². The number of rotatable bonds is 5. The zero-order valence-electron chi connectivity index (χ0n) is 9.30. The van der Waals surface area contributed by atoms with E-state index in [0.29, 0.717) is 0 Å². The van der Waals surface area contributed by atoms with Gasteiger partial charge in [-0.15, -0.1) is 23.5 Å². The van der Waals surface area contributed by atoms with E-state index in [0.717, 1.165) is 16.5 Å². The predicted molar refractivity (Wildman–Crippen MR) is 79.3 cm³/mol. The molecule has 88 valence electrons. The first-order valence-corrected chi connectivity index (χ1v) is 7.76. The fourth-order valence-corrected chi connectivity index (χ4v) is 3.52. The number of hydrogen-bond acceptors (Lipinski definition) is 2. The average molecular weight is 281 g/mol. The van der Waals surface area contributed by atoms with Crippen LogP contribution in [0.25, 0.3) is 0 Å². The first-order chi connectivity index (χ1) is 8.34. The molecule has 0 amide bonds. The molecule has 0 bridgehead atoms.